The Hall–Kier alpha value is -3.91. The Bertz CT molecular complexity index is 1410. The lowest BCUT2D eigenvalue weighted by atomic mass is 9.93. The second-order valence-electron chi connectivity index (χ2n) is 9.34. The molecule has 0 bridgehead atoms. The lowest BCUT2D eigenvalue weighted by Crippen LogP contribution is -2.64. The van der Waals surface area contributed by atoms with Gasteiger partial charge in [0.2, 0.25) is 5.91 Å². The molecule has 2 aromatic heterocycles. The van der Waals surface area contributed by atoms with Gasteiger partial charge in [-0.05, 0) is 79.2 Å². The van der Waals surface area contributed by atoms with Crippen LogP contribution in [0.1, 0.15) is 34.1 Å². The van der Waals surface area contributed by atoms with Gasteiger partial charge in [-0.2, -0.15) is 5.10 Å². The molecule has 7 nitrogen and oxygen atoms in total. The molecule has 1 N–H and O–H groups in total. The molecular formula is C28H28N4O3S. The Kier molecular flexibility index (Phi) is 6.14. The van der Waals surface area contributed by atoms with Crippen LogP contribution >= 0.6 is 11.3 Å². The van der Waals surface area contributed by atoms with E-state index in [0.717, 1.165) is 33.0 Å². The number of amides is 2. The first-order chi connectivity index (χ1) is 17.3. The highest BCUT2D eigenvalue weighted by Crippen LogP contribution is 2.35. The maximum atomic E-state index is 14.0. The molecule has 1 aliphatic heterocycles. The van der Waals surface area contributed by atoms with E-state index >= 15 is 0 Å². The predicted molar refractivity (Wildman–Crippen MR) is 142 cm³/mol. The van der Waals surface area contributed by atoms with Gasteiger partial charge >= 0.3 is 0 Å². The summed E-state index contributed by atoms with van der Waals surface area (Å²) >= 11 is 1.57. The molecule has 0 saturated carbocycles. The average molecular weight is 501 g/mol. The number of ether oxygens (including phenoxy) is 1. The van der Waals surface area contributed by atoms with Crippen LogP contribution < -0.4 is 15.0 Å². The number of benzene rings is 2. The Morgan fingerprint density at radius 3 is 2.47 bits per heavy atom. The number of aromatic nitrogens is 2. The first-order valence-electron chi connectivity index (χ1n) is 11.7. The molecule has 184 valence electrons. The number of rotatable bonds is 6. The highest BCUT2D eigenvalue weighted by molar-refractivity contribution is 7.13. The summed E-state index contributed by atoms with van der Waals surface area (Å²) in [5, 5.41) is 9.74. The van der Waals surface area contributed by atoms with Crippen molar-refractivity contribution >= 4 is 28.8 Å². The van der Waals surface area contributed by atoms with Crippen molar-refractivity contribution in [3.05, 3.63) is 88.4 Å². The van der Waals surface area contributed by atoms with Crippen LogP contribution in [0.3, 0.4) is 0 Å². The fourth-order valence-corrected chi connectivity index (χ4v) is 5.41. The molecule has 4 aromatic rings. The monoisotopic (exact) mass is 500 g/mol. The number of methoxy groups -OCH3 is 1. The van der Waals surface area contributed by atoms with Gasteiger partial charge in [-0.3, -0.25) is 19.2 Å². The number of aryl methyl sites for hydroxylation is 2. The van der Waals surface area contributed by atoms with Crippen LogP contribution in [-0.2, 0) is 17.9 Å². The Morgan fingerprint density at radius 1 is 1.11 bits per heavy atom. The lowest BCUT2D eigenvalue weighted by Gasteiger charge is -2.43. The van der Waals surface area contributed by atoms with E-state index in [1.54, 1.807) is 35.0 Å². The third kappa shape index (κ3) is 4.28. The predicted octanol–water partition coefficient (Wildman–Crippen LogP) is 4.97. The van der Waals surface area contributed by atoms with E-state index in [2.05, 4.69) is 11.4 Å². The summed E-state index contributed by atoms with van der Waals surface area (Å²) in [4.78, 5) is 30.4. The second-order valence-corrected chi connectivity index (χ2v) is 10.3. The fourth-order valence-electron chi connectivity index (χ4n) is 4.73. The molecule has 2 aromatic carbocycles. The summed E-state index contributed by atoms with van der Waals surface area (Å²) < 4.78 is 6.89. The number of carbonyl (C=O) groups excluding carboxylic acids is 2. The fraction of sp³-hybridized carbons (Fsp3) is 0.250. The van der Waals surface area contributed by atoms with Crippen molar-refractivity contribution < 1.29 is 14.3 Å². The van der Waals surface area contributed by atoms with Crippen molar-refractivity contribution in [1.29, 1.82) is 0 Å². The van der Waals surface area contributed by atoms with Gasteiger partial charge in [0, 0.05) is 12.2 Å². The molecule has 2 amide bonds. The molecule has 0 radical (unpaired) electrons. The first kappa shape index (κ1) is 23.8. The molecule has 0 saturated heterocycles. The minimum Gasteiger partial charge on any atom is -0.497 e. The molecule has 8 heteroatoms. The minimum absolute atomic E-state index is 0.237. The van der Waals surface area contributed by atoms with Crippen molar-refractivity contribution in [2.45, 2.75) is 39.4 Å². The summed E-state index contributed by atoms with van der Waals surface area (Å²) in [5.74, 6) is 0.261. The third-order valence-corrected chi connectivity index (χ3v) is 7.39. The molecule has 1 atom stereocenters. The molecule has 3 heterocycles. The van der Waals surface area contributed by atoms with Gasteiger partial charge in [-0.15, -0.1) is 11.3 Å². The highest BCUT2D eigenvalue weighted by Gasteiger charge is 2.49. The van der Waals surface area contributed by atoms with Gasteiger partial charge in [0.25, 0.3) is 5.91 Å². The van der Waals surface area contributed by atoms with Gasteiger partial charge < -0.3 is 10.1 Å². The number of anilines is 1. The van der Waals surface area contributed by atoms with Crippen LogP contribution in [-0.4, -0.2) is 34.2 Å². The molecular weight excluding hydrogens is 472 g/mol. The van der Waals surface area contributed by atoms with Gasteiger partial charge in [0.1, 0.15) is 22.7 Å². The maximum Gasteiger partial charge on any atom is 0.277 e. The zero-order valence-electron chi connectivity index (χ0n) is 20.7. The standard InChI is InChI=1S/C28H28N4O3S/c1-18-12-19(2)14-21(13-18)32-26(33)24-15-23(25-6-5-11-36-25)30-31(24)17-28(32,3)27(34)29-16-20-7-9-22(35-4)10-8-20/h5-15H,16-17H2,1-4H3,(H,29,34)/t28-/m0/s1. The number of thiophene rings is 1. The SMILES string of the molecule is COc1ccc(CNC(=O)[C@]2(C)Cn3nc(-c4cccs4)cc3C(=O)N2c2cc(C)cc(C)c2)cc1. The quantitative estimate of drug-likeness (QED) is 0.405. The molecule has 36 heavy (non-hydrogen) atoms. The van der Waals surface area contributed by atoms with Gasteiger partial charge in [0.05, 0.1) is 18.5 Å². The summed E-state index contributed by atoms with van der Waals surface area (Å²) in [7, 11) is 1.62. The maximum absolute atomic E-state index is 14.0. The lowest BCUT2D eigenvalue weighted by molar-refractivity contribution is -0.126. The van der Waals surface area contributed by atoms with Gasteiger partial charge in [-0.25, -0.2) is 0 Å². The summed E-state index contributed by atoms with van der Waals surface area (Å²) in [6.07, 6.45) is 0. The van der Waals surface area contributed by atoms with Crippen molar-refractivity contribution in [2.75, 3.05) is 12.0 Å². The van der Waals surface area contributed by atoms with Gasteiger partial charge in [0.15, 0.2) is 0 Å². The molecule has 0 unspecified atom stereocenters. The molecule has 0 spiro atoms. The van der Waals surface area contributed by atoms with E-state index in [-0.39, 0.29) is 18.4 Å². The van der Waals surface area contributed by atoms with E-state index in [4.69, 9.17) is 9.84 Å². The van der Waals surface area contributed by atoms with E-state index < -0.39 is 5.54 Å². The topological polar surface area (TPSA) is 76.5 Å². The Balaban J connectivity index is 1.52. The summed E-state index contributed by atoms with van der Waals surface area (Å²) in [6, 6.07) is 19.2. The van der Waals surface area contributed by atoms with Crippen LogP contribution in [0, 0.1) is 13.8 Å². The van der Waals surface area contributed by atoms with Crippen LogP contribution in [0.25, 0.3) is 10.6 Å². The van der Waals surface area contributed by atoms with E-state index in [1.165, 1.54) is 0 Å². The Morgan fingerprint density at radius 2 is 1.83 bits per heavy atom. The summed E-state index contributed by atoms with van der Waals surface area (Å²) in [5.41, 5.74) is 3.71. The molecule has 0 fully saturated rings. The van der Waals surface area contributed by atoms with Crippen LogP contribution in [0.15, 0.2) is 66.0 Å². The van der Waals surface area contributed by atoms with E-state index in [1.807, 2.05) is 73.8 Å². The molecule has 1 aliphatic rings. The van der Waals surface area contributed by atoms with Crippen LogP contribution in [0.4, 0.5) is 5.69 Å². The van der Waals surface area contributed by atoms with Crippen LogP contribution in [0.5, 0.6) is 5.75 Å². The normalized spacial score (nSPS) is 17.1. The second kappa shape index (κ2) is 9.28. The van der Waals surface area contributed by atoms with Crippen molar-refractivity contribution in [3.63, 3.8) is 0 Å². The number of hydrogen-bond acceptors (Lipinski definition) is 5. The zero-order chi connectivity index (χ0) is 25.4. The smallest absolute Gasteiger partial charge is 0.277 e. The van der Waals surface area contributed by atoms with E-state index in [0.29, 0.717) is 17.9 Å². The van der Waals surface area contributed by atoms with Crippen molar-refractivity contribution in [1.82, 2.24) is 15.1 Å². The average Bonchev–Trinajstić information content (AvgIpc) is 3.52. The number of nitrogens with zero attached hydrogens (tertiary/aromatic N) is 3. The molecule has 5 rings (SSSR count). The number of hydrogen-bond donors (Lipinski definition) is 1. The summed E-state index contributed by atoms with van der Waals surface area (Å²) in [6.45, 7) is 6.36. The highest BCUT2D eigenvalue weighted by atomic mass is 32.1. The number of fused-ring (bicyclic) bond motifs is 1. The zero-order valence-corrected chi connectivity index (χ0v) is 21.6. The van der Waals surface area contributed by atoms with E-state index in [9.17, 15) is 9.59 Å². The van der Waals surface area contributed by atoms with Gasteiger partial charge in [-0.1, -0.05) is 24.3 Å². The number of carbonyl (C=O) groups is 2. The minimum atomic E-state index is -1.18. The number of nitrogens with one attached hydrogen (secondary N) is 1. The first-order valence-corrected chi connectivity index (χ1v) is 12.6. The Labute approximate surface area is 214 Å². The molecule has 0 aliphatic carbocycles. The largest absolute Gasteiger partial charge is 0.497 e. The van der Waals surface area contributed by atoms with Crippen molar-refractivity contribution in [3.8, 4) is 16.3 Å². The third-order valence-electron chi connectivity index (χ3n) is 6.49. The van der Waals surface area contributed by atoms with Crippen LogP contribution in [0.2, 0.25) is 0 Å². The van der Waals surface area contributed by atoms with Crippen molar-refractivity contribution in [2.24, 2.45) is 0 Å².